The van der Waals surface area contributed by atoms with E-state index in [-0.39, 0.29) is 0 Å². The zero-order chi connectivity index (χ0) is 106. The molecule has 0 amide bonds. The van der Waals surface area contributed by atoms with Crippen LogP contribution < -0.4 is 0 Å². The van der Waals surface area contributed by atoms with Gasteiger partial charge in [0.25, 0.3) is 0 Å². The summed E-state index contributed by atoms with van der Waals surface area (Å²) in [4.78, 5) is 16.7. The van der Waals surface area contributed by atoms with Crippen LogP contribution in [-0.2, 0) is 32.5 Å². The van der Waals surface area contributed by atoms with Crippen LogP contribution in [0, 0.1) is 0 Å². The number of hydrogen-bond donors (Lipinski definition) is 0. The number of thiophene rings is 9. The fraction of sp³-hybridized carbons (Fsp3) is 0.405. The van der Waals surface area contributed by atoms with Gasteiger partial charge in [-0.15, -0.1) is 102 Å². The molecule has 148 heavy (non-hydrogen) atoms. The summed E-state index contributed by atoms with van der Waals surface area (Å²) < 4.78 is 48.3. The molecule has 0 spiro atoms. The topological polar surface area (TPSA) is 104 Å². The van der Waals surface area contributed by atoms with Gasteiger partial charge in [-0.05, 0) is 257 Å². The van der Waals surface area contributed by atoms with E-state index >= 15 is 0 Å². The van der Waals surface area contributed by atoms with Gasteiger partial charge in [0.05, 0.1) is 82.0 Å². The largest absolute Gasteiger partial charge is 0.344 e. The maximum absolute atomic E-state index is 4.73. The quantitative estimate of drug-likeness (QED) is 0.0897. The first kappa shape index (κ1) is 110. The molecule has 15 heterocycles. The van der Waals surface area contributed by atoms with Crippen molar-refractivity contribution in [3.05, 3.63) is 248 Å². The van der Waals surface area contributed by atoms with Gasteiger partial charge in [0.2, 0.25) is 0 Å². The van der Waals surface area contributed by atoms with Gasteiger partial charge in [0, 0.05) is 132 Å². The molecule has 0 atom stereocenters. The Labute approximate surface area is 925 Å². The summed E-state index contributed by atoms with van der Waals surface area (Å²) in [7, 11) is 6.46. The normalized spacial score (nSPS) is 12.5. The van der Waals surface area contributed by atoms with Gasteiger partial charge in [-0.25, -0.2) is 4.98 Å². The summed E-state index contributed by atoms with van der Waals surface area (Å²) >= 11 is 21.5. The average molecular weight is 2190 g/mol. The Balaban J connectivity index is 0.000000116. The molecule has 0 unspecified atom stereocenters. The predicted octanol–water partition coefficient (Wildman–Crippen LogP) is 45.2. The molecule has 24 rings (SSSR count). The smallest absolute Gasteiger partial charge is 0.110 e. The number of nitrogens with zero attached hydrogens (tertiary/aromatic N) is 10. The van der Waals surface area contributed by atoms with E-state index in [2.05, 4.69) is 440 Å². The van der Waals surface area contributed by atoms with Crippen LogP contribution in [0.2, 0.25) is 0 Å². The van der Waals surface area contributed by atoms with Crippen molar-refractivity contribution in [3.63, 3.8) is 0 Å². The van der Waals surface area contributed by atoms with Gasteiger partial charge in [0.1, 0.15) is 33.4 Å². The maximum atomic E-state index is 4.73. The van der Waals surface area contributed by atoms with E-state index < -0.39 is 0 Å². The van der Waals surface area contributed by atoms with Gasteiger partial charge in [-0.3, -0.25) is 0 Å². The minimum Gasteiger partial charge on any atom is -0.344 e. The molecular weight excluding hydrogens is 2040 g/mol. The minimum atomic E-state index is 0.379. The average Bonchev–Trinajstić information content (AvgIpc) is 1.69. The van der Waals surface area contributed by atoms with Gasteiger partial charge in [-0.1, -0.05) is 282 Å². The highest BCUT2D eigenvalue weighted by Gasteiger charge is 2.29. The molecule has 0 fully saturated rings. The maximum Gasteiger partial charge on any atom is 0.110 e. The van der Waals surface area contributed by atoms with Crippen molar-refractivity contribution in [2.24, 2.45) is 29.9 Å². The molecule has 1 aliphatic rings. The Morgan fingerprint density at radius 1 is 0.223 bits per heavy atom. The molecule has 0 radical (unpaired) electrons. The van der Waals surface area contributed by atoms with Crippen LogP contribution in [0.15, 0.2) is 173 Å². The second kappa shape index (κ2) is 45.7. The molecule has 10 nitrogen and oxygen atoms in total. The Hall–Kier alpha value is -9.11. The second-order valence-electron chi connectivity index (χ2n) is 45.2. The fourth-order valence-electron chi connectivity index (χ4n) is 19.5. The molecule has 0 saturated carbocycles. The lowest BCUT2D eigenvalue weighted by Crippen LogP contribution is -1.96. The van der Waals surface area contributed by atoms with Crippen LogP contribution in [-0.4, -0.2) is 36.2 Å². The summed E-state index contributed by atoms with van der Waals surface area (Å²) in [5, 5.41) is 13.6. The summed E-state index contributed by atoms with van der Waals surface area (Å²) in [6.45, 7) is 71.8. The number of hydrogen-bond acceptors (Lipinski definition) is 18. The summed E-state index contributed by atoms with van der Waals surface area (Å²) in [5.41, 5.74) is 24.6. The van der Waals surface area contributed by atoms with Crippen molar-refractivity contribution < 1.29 is 0 Å². The van der Waals surface area contributed by atoms with Gasteiger partial charge in [0.15, 0.2) is 0 Å². The van der Waals surface area contributed by atoms with Crippen molar-refractivity contribution in [2.45, 2.75) is 316 Å². The molecule has 774 valence electrons. The van der Waals surface area contributed by atoms with E-state index in [1.165, 1.54) is 247 Å². The molecule has 0 saturated heterocycles. The number of aromatic nitrogens is 8. The molecule has 0 aliphatic carbocycles. The first-order valence-corrected chi connectivity index (χ1v) is 62.7. The molecule has 23 aromatic rings. The third kappa shape index (κ3) is 22.5. The monoisotopic (exact) mass is 2180 g/mol. The first-order chi connectivity index (χ1) is 70.3. The van der Waals surface area contributed by atoms with Crippen LogP contribution in [0.1, 0.15) is 400 Å². The first-order valence-electron chi connectivity index (χ1n) is 53.2. The van der Waals surface area contributed by atoms with Crippen LogP contribution in [0.3, 0.4) is 0 Å². The summed E-state index contributed by atoms with van der Waals surface area (Å²) in [6.07, 6.45) is 1.94. The van der Waals surface area contributed by atoms with E-state index in [0.717, 1.165) is 39.0 Å². The van der Waals surface area contributed by atoms with E-state index in [9.17, 15) is 0 Å². The molecule has 22 heteroatoms. The fourth-order valence-corrected chi connectivity index (χ4v) is 32.2. The van der Waals surface area contributed by atoms with E-state index in [1.54, 1.807) is 0 Å². The Morgan fingerprint density at radius 3 is 0.892 bits per heavy atom. The number of fused-ring (bicyclic) bond motifs is 22. The van der Waals surface area contributed by atoms with E-state index in [4.69, 9.17) is 4.98 Å². The Kier molecular flexibility index (Phi) is 34.0. The van der Waals surface area contributed by atoms with Gasteiger partial charge < -0.3 is 13.7 Å². The number of benzene rings is 9. The molecule has 0 N–H and O–H groups in total. The zero-order valence-electron chi connectivity index (χ0n) is 93.2. The summed E-state index contributed by atoms with van der Waals surface area (Å²) in [5.74, 6) is 9.05. The highest BCUT2D eigenvalue weighted by molar-refractivity contribution is 7.58. The molecule has 9 aromatic carbocycles. The van der Waals surface area contributed by atoms with Crippen molar-refractivity contribution in [3.8, 4) is 0 Å². The number of imidazole rings is 1. The van der Waals surface area contributed by atoms with E-state index in [1.807, 2.05) is 108 Å². The van der Waals surface area contributed by atoms with Gasteiger partial charge in [-0.2, -0.15) is 26.2 Å². The number of aryl methyl sites for hydroxylation is 3. The molecule has 14 aromatic heterocycles. The highest BCUT2D eigenvalue weighted by Crippen LogP contribution is 2.52. The Morgan fingerprint density at radius 2 is 0.534 bits per heavy atom. The van der Waals surface area contributed by atoms with Crippen molar-refractivity contribution in [1.29, 1.82) is 0 Å². The van der Waals surface area contributed by atoms with Crippen molar-refractivity contribution in [1.82, 2.24) is 36.2 Å². The van der Waals surface area contributed by atoms with E-state index in [0.29, 0.717) is 94.7 Å². The van der Waals surface area contributed by atoms with Crippen LogP contribution in [0.4, 0.5) is 11.4 Å². The minimum absolute atomic E-state index is 0.379. The number of rotatable bonds is 16. The van der Waals surface area contributed by atoms with Crippen LogP contribution in [0.5, 0.6) is 0 Å². The summed E-state index contributed by atoms with van der Waals surface area (Å²) in [6, 6.07) is 60.3. The SMILES string of the molecule is CC(C)c1c2c(c(C(C)C)c3nsnc13)N=S=N2.CC(C)c1cc2c(s1)c1sc(C(C)C)cc1n2C.CC(C)c1cc2cc3cc(C(C)C)sc3cc2s1.CC(C)c1cc2cc3sc(C(C)C)cc3cc2s1.CC(C)c1cc2sc3cc(C(C)C)sc3c2s1.CC(C)c1ccc(C(C)C)c2nsnc12.CC(C)c1ccc2c3ccc(C(C)C)cc3c3c(ncn3C)c2c1.CC(C)c1ccc2c3ccc(C(C)C)cc3n(C)c2c1. The lowest BCUT2D eigenvalue weighted by atomic mass is 9.91. The van der Waals surface area contributed by atoms with Crippen molar-refractivity contribution >= 4 is 304 Å². The molecule has 0 bridgehead atoms. The highest BCUT2D eigenvalue weighted by atomic mass is 32.1. The van der Waals surface area contributed by atoms with Crippen molar-refractivity contribution in [2.75, 3.05) is 0 Å². The molecular formula is C126H148N10S12. The standard InChI is InChI=1S/C22H24N2.C19H23N.2C16H18S2.C15H19NS2.C14H16S3.C12H14N4S2.C12H16N2S/c1-13(2)15-6-8-17-18-9-7-16(14(3)4)11-20(18)22-21(19(17)10-15)23-12-24(22)5;1-12(2)14-6-8-16-17-9-7-15(13(3)4)11-19(17)20(5)18(16)10-14;1-9(2)13-5-11-7-16-12(8-15(11)17-13)6-14(18-16)10(3)4;1-9(2)13-6-11-5-12-7-14(10(3)4)18-16(12)8-15(11)17-13;1-8(2)12-6-10-14(17-12)15-11(16(10)5)7-13(18-15)9(3)4;1-7(2)9-5-11-13(16-9)14-12(15-11)6-10(17-14)8(3)4;1-5(2)7-9-11(15-17-13-9)8(6(3)4)12-10(7)14-18-16-12;1-7(2)9-5-6-10(8(3)4)12-11(9)13-15-14-12/h6-14H,1-5H3;6-13H,1-5H3;2*5-10H,1-4H3;6-9H,1-5H3;5-8H,1-4H3;5-6H,1-4H3;5-8H,1-4H3. The van der Waals surface area contributed by atoms with Gasteiger partial charge >= 0.3 is 0 Å². The third-order valence-electron chi connectivity index (χ3n) is 28.6. The third-order valence-corrected chi connectivity index (χ3v) is 43.2. The lowest BCUT2D eigenvalue weighted by Gasteiger charge is -2.15. The van der Waals surface area contributed by atoms with Crippen LogP contribution in [0.25, 0.3) is 156 Å². The molecule has 1 aliphatic heterocycles. The second-order valence-corrected chi connectivity index (χ2v) is 56.7. The zero-order valence-corrected chi connectivity index (χ0v) is 103. The lowest BCUT2D eigenvalue weighted by molar-refractivity contribution is 0.856. The predicted molar refractivity (Wildman–Crippen MR) is 674 cm³/mol. The van der Waals surface area contributed by atoms with Crippen LogP contribution >= 0.6 is 125 Å². The Bertz CT molecular complexity index is 8200.